The van der Waals surface area contributed by atoms with Crippen molar-refractivity contribution in [1.82, 2.24) is 20.1 Å². The molecular weight excluding hydrogens is 354 g/mol. The fraction of sp³-hybridized carbons (Fsp3) is 0.357. The highest BCUT2D eigenvalue weighted by Gasteiger charge is 2.38. The Bertz CT molecular complexity index is 721. The second-order valence-electron chi connectivity index (χ2n) is 5.26. The molecule has 136 valence electrons. The van der Waals surface area contributed by atoms with Crippen molar-refractivity contribution in [2.24, 2.45) is 0 Å². The Hall–Kier alpha value is -2.59. The number of halogens is 6. The fourth-order valence-electron chi connectivity index (χ4n) is 2.06. The molecule has 2 aromatic rings. The van der Waals surface area contributed by atoms with Gasteiger partial charge in [0.05, 0.1) is 17.2 Å². The smallest absolute Gasteiger partial charge is 0.332 e. The molecular formula is C14H12F6N4O. The lowest BCUT2D eigenvalue weighted by atomic mass is 10.0. The third-order valence-corrected chi connectivity index (χ3v) is 3.57. The largest absolute Gasteiger partial charge is 0.416 e. The number of rotatable bonds is 3. The first-order chi connectivity index (χ1) is 11.4. The van der Waals surface area contributed by atoms with Crippen molar-refractivity contribution in [3.8, 4) is 0 Å². The maximum atomic E-state index is 12.9. The highest BCUT2D eigenvalue weighted by Crippen LogP contribution is 2.36. The van der Waals surface area contributed by atoms with E-state index in [0.717, 1.165) is 11.2 Å². The minimum absolute atomic E-state index is 0.0311. The van der Waals surface area contributed by atoms with E-state index in [4.69, 9.17) is 0 Å². The first-order valence-electron chi connectivity index (χ1n) is 6.83. The number of amides is 1. The number of benzene rings is 1. The zero-order valence-electron chi connectivity index (χ0n) is 12.9. The van der Waals surface area contributed by atoms with Crippen molar-refractivity contribution >= 4 is 5.91 Å². The van der Waals surface area contributed by atoms with Crippen LogP contribution < -0.4 is 0 Å². The lowest BCUT2D eigenvalue weighted by Crippen LogP contribution is -2.31. The van der Waals surface area contributed by atoms with Crippen LogP contribution in [0, 0.1) is 0 Å². The Balaban J connectivity index is 2.44. The predicted molar refractivity (Wildman–Crippen MR) is 73.3 cm³/mol. The van der Waals surface area contributed by atoms with Gasteiger partial charge in [-0.1, -0.05) is 0 Å². The van der Waals surface area contributed by atoms with Gasteiger partial charge in [0, 0.05) is 12.6 Å². The summed E-state index contributed by atoms with van der Waals surface area (Å²) >= 11 is 0. The molecule has 5 nitrogen and oxygen atoms in total. The Kier molecular flexibility index (Phi) is 4.78. The summed E-state index contributed by atoms with van der Waals surface area (Å²) in [5.74, 6) is -0.778. The minimum atomic E-state index is -5.02. The molecule has 1 N–H and O–H groups in total. The number of alkyl halides is 6. The molecule has 1 atom stereocenters. The Morgan fingerprint density at radius 2 is 1.60 bits per heavy atom. The molecule has 2 rings (SSSR count). The number of H-pyrrole nitrogens is 1. The van der Waals surface area contributed by atoms with E-state index in [9.17, 15) is 31.1 Å². The summed E-state index contributed by atoms with van der Waals surface area (Å²) in [7, 11) is 1.24. The molecule has 0 spiro atoms. The van der Waals surface area contributed by atoms with Crippen LogP contribution in [-0.4, -0.2) is 33.0 Å². The highest BCUT2D eigenvalue weighted by molar-refractivity contribution is 5.94. The van der Waals surface area contributed by atoms with Crippen LogP contribution in [0.1, 0.15) is 40.3 Å². The van der Waals surface area contributed by atoms with Crippen LogP contribution in [0.2, 0.25) is 0 Å². The average Bonchev–Trinajstić information content (AvgIpc) is 3.05. The molecule has 1 heterocycles. The van der Waals surface area contributed by atoms with Gasteiger partial charge in [0.1, 0.15) is 12.2 Å². The van der Waals surface area contributed by atoms with E-state index >= 15 is 0 Å². The van der Waals surface area contributed by atoms with E-state index in [1.54, 1.807) is 0 Å². The molecule has 11 heteroatoms. The van der Waals surface area contributed by atoms with Crippen LogP contribution in [0.5, 0.6) is 0 Å². The van der Waals surface area contributed by atoms with E-state index in [2.05, 4.69) is 15.2 Å². The number of nitrogens with one attached hydrogen (secondary N) is 1. The third-order valence-electron chi connectivity index (χ3n) is 3.57. The lowest BCUT2D eigenvalue weighted by molar-refractivity contribution is -0.143. The van der Waals surface area contributed by atoms with Crippen molar-refractivity contribution in [3.63, 3.8) is 0 Å². The molecule has 1 unspecified atom stereocenters. The molecule has 0 aliphatic rings. The van der Waals surface area contributed by atoms with Crippen molar-refractivity contribution in [2.45, 2.75) is 25.3 Å². The van der Waals surface area contributed by atoms with Gasteiger partial charge in [-0.05, 0) is 25.1 Å². The summed E-state index contributed by atoms with van der Waals surface area (Å²) in [6.45, 7) is 1.50. The molecule has 1 amide bonds. The number of aromatic amines is 1. The van der Waals surface area contributed by atoms with Gasteiger partial charge in [0.15, 0.2) is 0 Å². The van der Waals surface area contributed by atoms with E-state index in [1.807, 2.05) is 0 Å². The highest BCUT2D eigenvalue weighted by atomic mass is 19.4. The standard InChI is InChI=1S/C14H12F6N4O/c1-7(11-21-6-22-23-11)24(2)12(25)8-3-9(13(15,16)17)5-10(4-8)14(18,19)20/h3-7H,1-2H3,(H,21,22,23). The number of carbonyl (C=O) groups is 1. The quantitative estimate of drug-likeness (QED) is 0.843. The maximum absolute atomic E-state index is 12.9. The van der Waals surface area contributed by atoms with Crippen LogP contribution in [-0.2, 0) is 12.4 Å². The summed E-state index contributed by atoms with van der Waals surface area (Å²) < 4.78 is 77.2. The van der Waals surface area contributed by atoms with Gasteiger partial charge in [-0.25, -0.2) is 4.98 Å². The van der Waals surface area contributed by atoms with Crippen molar-refractivity contribution in [3.05, 3.63) is 47.0 Å². The normalized spacial score (nSPS) is 13.6. The van der Waals surface area contributed by atoms with Crippen LogP contribution in [0.3, 0.4) is 0 Å². The lowest BCUT2D eigenvalue weighted by Gasteiger charge is -2.24. The number of nitrogens with zero attached hydrogens (tertiary/aromatic N) is 3. The first kappa shape index (κ1) is 18.7. The maximum Gasteiger partial charge on any atom is 0.416 e. The Labute approximate surface area is 137 Å². The van der Waals surface area contributed by atoms with Crippen LogP contribution in [0.15, 0.2) is 24.5 Å². The van der Waals surface area contributed by atoms with E-state index in [1.165, 1.54) is 14.0 Å². The summed E-state index contributed by atoms with van der Waals surface area (Å²) in [5, 5.41) is 6.06. The fourth-order valence-corrected chi connectivity index (χ4v) is 2.06. The molecule has 0 saturated heterocycles. The van der Waals surface area contributed by atoms with Gasteiger partial charge in [0.2, 0.25) is 0 Å². The SMILES string of the molecule is CC(c1ncn[nH]1)N(C)C(=O)c1cc(C(F)(F)F)cc(C(F)(F)F)c1. The Morgan fingerprint density at radius 3 is 2.00 bits per heavy atom. The molecule has 25 heavy (non-hydrogen) atoms. The molecule has 0 fully saturated rings. The number of hydrogen-bond acceptors (Lipinski definition) is 3. The van der Waals surface area contributed by atoms with Gasteiger partial charge < -0.3 is 4.90 Å². The average molecular weight is 366 g/mol. The van der Waals surface area contributed by atoms with Crippen LogP contribution in [0.4, 0.5) is 26.3 Å². The molecule has 0 saturated carbocycles. The van der Waals surface area contributed by atoms with E-state index < -0.39 is 41.0 Å². The number of hydrogen-bond donors (Lipinski definition) is 1. The van der Waals surface area contributed by atoms with Crippen LogP contribution >= 0.6 is 0 Å². The van der Waals surface area contributed by atoms with Gasteiger partial charge in [-0.3, -0.25) is 9.89 Å². The van der Waals surface area contributed by atoms with Crippen LogP contribution in [0.25, 0.3) is 0 Å². The van der Waals surface area contributed by atoms with E-state index in [0.29, 0.717) is 12.1 Å². The van der Waals surface area contributed by atoms with Crippen molar-refractivity contribution in [2.75, 3.05) is 7.05 Å². The molecule has 0 radical (unpaired) electrons. The monoisotopic (exact) mass is 366 g/mol. The summed E-state index contributed by atoms with van der Waals surface area (Å²) in [6.07, 6.45) is -8.88. The zero-order chi connectivity index (χ0) is 19.0. The number of aromatic nitrogens is 3. The first-order valence-corrected chi connectivity index (χ1v) is 6.83. The molecule has 0 aliphatic carbocycles. The second-order valence-corrected chi connectivity index (χ2v) is 5.26. The summed E-state index contributed by atoms with van der Waals surface area (Å²) in [5.41, 5.74) is -3.83. The Morgan fingerprint density at radius 1 is 1.08 bits per heavy atom. The van der Waals surface area contributed by atoms with E-state index in [-0.39, 0.29) is 11.9 Å². The summed E-state index contributed by atoms with van der Waals surface area (Å²) in [6, 6.07) is 0.0119. The second kappa shape index (κ2) is 6.37. The third kappa shape index (κ3) is 4.09. The van der Waals surface area contributed by atoms with Gasteiger partial charge in [0.25, 0.3) is 5.91 Å². The zero-order valence-corrected chi connectivity index (χ0v) is 12.9. The minimum Gasteiger partial charge on any atom is -0.332 e. The molecule has 1 aromatic carbocycles. The summed E-state index contributed by atoms with van der Waals surface area (Å²) in [4.78, 5) is 17.1. The van der Waals surface area contributed by atoms with Gasteiger partial charge in [-0.2, -0.15) is 31.4 Å². The topological polar surface area (TPSA) is 61.9 Å². The van der Waals surface area contributed by atoms with Crippen molar-refractivity contribution < 1.29 is 31.1 Å². The molecule has 0 bridgehead atoms. The predicted octanol–water partition coefficient (Wildman–Crippen LogP) is 3.68. The molecule has 1 aromatic heterocycles. The van der Waals surface area contributed by atoms with Gasteiger partial charge >= 0.3 is 12.4 Å². The molecule has 0 aliphatic heterocycles. The van der Waals surface area contributed by atoms with Crippen molar-refractivity contribution in [1.29, 1.82) is 0 Å². The van der Waals surface area contributed by atoms with Gasteiger partial charge in [-0.15, -0.1) is 0 Å². The number of carbonyl (C=O) groups excluding carboxylic acids is 1.